The van der Waals surface area contributed by atoms with Crippen molar-refractivity contribution in [1.29, 1.82) is 0 Å². The predicted octanol–water partition coefficient (Wildman–Crippen LogP) is 3.22. The summed E-state index contributed by atoms with van der Waals surface area (Å²) in [4.78, 5) is 19.8. The lowest BCUT2D eigenvalue weighted by atomic mass is 10.1. The van der Waals surface area contributed by atoms with E-state index in [1.165, 1.54) is 18.6 Å². The van der Waals surface area contributed by atoms with Crippen molar-refractivity contribution in [2.24, 2.45) is 0 Å². The molecule has 0 saturated carbocycles. The lowest BCUT2D eigenvalue weighted by Crippen LogP contribution is -2.27. The zero-order valence-corrected chi connectivity index (χ0v) is 13.1. The molecule has 0 aliphatic carbocycles. The van der Waals surface area contributed by atoms with Gasteiger partial charge in [-0.3, -0.25) is 9.78 Å². The fourth-order valence-electron chi connectivity index (χ4n) is 1.99. The molecule has 0 spiro atoms. The summed E-state index contributed by atoms with van der Waals surface area (Å²) in [7, 11) is 0. The lowest BCUT2D eigenvalue weighted by Gasteiger charge is -2.16. The van der Waals surface area contributed by atoms with Crippen molar-refractivity contribution >= 4 is 5.91 Å². The van der Waals surface area contributed by atoms with Crippen molar-refractivity contribution in [2.75, 3.05) is 6.61 Å². The number of aryl methyl sites for hydroxylation is 1. The molecule has 2 rings (SSSR count). The van der Waals surface area contributed by atoms with Crippen molar-refractivity contribution in [1.82, 2.24) is 15.3 Å². The number of alkyl halides is 3. The Balaban J connectivity index is 2.04. The molecule has 8 heteroatoms. The van der Waals surface area contributed by atoms with Gasteiger partial charge in [-0.25, -0.2) is 4.98 Å². The summed E-state index contributed by atoms with van der Waals surface area (Å²) in [5, 5.41) is 2.79. The van der Waals surface area contributed by atoms with Crippen LogP contribution in [0, 0.1) is 6.92 Å². The molecular formula is C16H16F3N3O2. The maximum Gasteiger partial charge on any atom is 0.422 e. The number of hydrogen-bond donors (Lipinski definition) is 1. The average molecular weight is 339 g/mol. The van der Waals surface area contributed by atoms with Crippen molar-refractivity contribution < 1.29 is 22.7 Å². The molecule has 5 nitrogen and oxygen atoms in total. The molecular weight excluding hydrogens is 323 g/mol. The minimum absolute atomic E-state index is 0.0799. The standard InChI is InChI=1S/C16H16F3N3O2/c1-10-7-13(8-21-15(10)24-9-16(17,18)19)11(2)22-14(23)12-3-5-20-6-4-12/h3-8,11H,9H2,1-2H3,(H,22,23). The summed E-state index contributed by atoms with van der Waals surface area (Å²) in [5.74, 6) is -0.358. The topological polar surface area (TPSA) is 64.1 Å². The van der Waals surface area contributed by atoms with Crippen LogP contribution >= 0.6 is 0 Å². The second kappa shape index (κ2) is 7.29. The molecule has 0 radical (unpaired) electrons. The number of ether oxygens (including phenoxy) is 1. The molecule has 2 aromatic heterocycles. The molecule has 1 unspecified atom stereocenters. The Morgan fingerprint density at radius 1 is 1.33 bits per heavy atom. The summed E-state index contributed by atoms with van der Waals surface area (Å²) < 4.78 is 41.2. The number of nitrogens with zero attached hydrogens (tertiary/aromatic N) is 2. The summed E-state index contributed by atoms with van der Waals surface area (Å²) in [6, 6.07) is 4.43. The van der Waals surface area contributed by atoms with Gasteiger partial charge in [0, 0.05) is 29.7 Å². The van der Waals surface area contributed by atoms with Gasteiger partial charge < -0.3 is 10.1 Å². The Hall–Kier alpha value is -2.64. The molecule has 0 fully saturated rings. The van der Waals surface area contributed by atoms with Crippen LogP contribution in [0.2, 0.25) is 0 Å². The Kier molecular flexibility index (Phi) is 5.38. The average Bonchev–Trinajstić information content (AvgIpc) is 2.53. The highest BCUT2D eigenvalue weighted by Crippen LogP contribution is 2.22. The Labute approximate surface area is 136 Å². The van der Waals surface area contributed by atoms with Gasteiger partial charge in [0.25, 0.3) is 5.91 Å². The van der Waals surface area contributed by atoms with Gasteiger partial charge in [0.1, 0.15) is 0 Å². The van der Waals surface area contributed by atoms with E-state index >= 15 is 0 Å². The van der Waals surface area contributed by atoms with Crippen LogP contribution in [-0.4, -0.2) is 28.7 Å². The Bertz CT molecular complexity index is 705. The van der Waals surface area contributed by atoms with Crippen molar-refractivity contribution in [3.05, 3.63) is 53.5 Å². The van der Waals surface area contributed by atoms with Crippen LogP contribution in [0.3, 0.4) is 0 Å². The predicted molar refractivity (Wildman–Crippen MR) is 80.6 cm³/mol. The molecule has 0 aliphatic heterocycles. The van der Waals surface area contributed by atoms with Gasteiger partial charge in [0.2, 0.25) is 5.88 Å². The molecule has 1 atom stereocenters. The van der Waals surface area contributed by atoms with Crippen LogP contribution < -0.4 is 10.1 Å². The van der Waals surface area contributed by atoms with Crippen LogP contribution in [0.15, 0.2) is 36.8 Å². The first kappa shape index (κ1) is 17.7. The highest BCUT2D eigenvalue weighted by atomic mass is 19.4. The van der Waals surface area contributed by atoms with Gasteiger partial charge in [0.05, 0.1) is 6.04 Å². The van der Waals surface area contributed by atoms with Gasteiger partial charge >= 0.3 is 6.18 Å². The second-order valence-electron chi connectivity index (χ2n) is 5.23. The second-order valence-corrected chi connectivity index (χ2v) is 5.23. The summed E-state index contributed by atoms with van der Waals surface area (Å²) in [5.41, 5.74) is 1.59. The summed E-state index contributed by atoms with van der Waals surface area (Å²) in [6.07, 6.45) is -0.00899. The summed E-state index contributed by atoms with van der Waals surface area (Å²) >= 11 is 0. The minimum Gasteiger partial charge on any atom is -0.468 e. The van der Waals surface area contributed by atoms with Gasteiger partial charge in [-0.1, -0.05) is 0 Å². The molecule has 0 bridgehead atoms. The third kappa shape index (κ3) is 4.94. The van der Waals surface area contributed by atoms with Crippen LogP contribution in [0.4, 0.5) is 13.2 Å². The molecule has 0 aromatic carbocycles. The lowest BCUT2D eigenvalue weighted by molar-refractivity contribution is -0.154. The number of amides is 1. The molecule has 2 aromatic rings. The first-order valence-electron chi connectivity index (χ1n) is 7.13. The fourth-order valence-corrected chi connectivity index (χ4v) is 1.99. The molecule has 0 aliphatic rings. The van der Waals surface area contributed by atoms with Crippen molar-refractivity contribution in [3.8, 4) is 5.88 Å². The Morgan fingerprint density at radius 2 is 2.00 bits per heavy atom. The van der Waals surface area contributed by atoms with Gasteiger partial charge in [-0.15, -0.1) is 0 Å². The normalized spacial score (nSPS) is 12.5. The quantitative estimate of drug-likeness (QED) is 0.908. The van der Waals surface area contributed by atoms with E-state index in [0.29, 0.717) is 16.7 Å². The number of hydrogen-bond acceptors (Lipinski definition) is 4. The first-order chi connectivity index (χ1) is 11.3. The zero-order valence-electron chi connectivity index (χ0n) is 13.1. The van der Waals surface area contributed by atoms with Crippen molar-refractivity contribution in [3.63, 3.8) is 0 Å². The van der Waals surface area contributed by atoms with E-state index < -0.39 is 12.8 Å². The maximum atomic E-state index is 12.2. The fraction of sp³-hybridized carbons (Fsp3) is 0.312. The van der Waals surface area contributed by atoms with E-state index in [2.05, 4.69) is 20.0 Å². The molecule has 128 valence electrons. The first-order valence-corrected chi connectivity index (χ1v) is 7.13. The smallest absolute Gasteiger partial charge is 0.422 e. The third-order valence-electron chi connectivity index (χ3n) is 3.21. The van der Waals surface area contributed by atoms with Crippen LogP contribution in [0.25, 0.3) is 0 Å². The molecule has 0 saturated heterocycles. The van der Waals surface area contributed by atoms with Gasteiger partial charge in [-0.2, -0.15) is 13.2 Å². The third-order valence-corrected chi connectivity index (χ3v) is 3.21. The zero-order chi connectivity index (χ0) is 17.7. The number of aromatic nitrogens is 2. The molecule has 24 heavy (non-hydrogen) atoms. The van der Waals surface area contributed by atoms with E-state index in [-0.39, 0.29) is 17.8 Å². The Morgan fingerprint density at radius 3 is 2.58 bits per heavy atom. The number of nitrogens with one attached hydrogen (secondary N) is 1. The van der Waals surface area contributed by atoms with Crippen LogP contribution in [0.1, 0.15) is 34.5 Å². The van der Waals surface area contributed by atoms with E-state index in [9.17, 15) is 18.0 Å². The number of halogens is 3. The number of carbonyl (C=O) groups excluding carboxylic acids is 1. The summed E-state index contributed by atoms with van der Waals surface area (Å²) in [6.45, 7) is 1.96. The monoisotopic (exact) mass is 339 g/mol. The molecule has 1 N–H and O–H groups in total. The van der Waals surface area contributed by atoms with E-state index in [4.69, 9.17) is 0 Å². The largest absolute Gasteiger partial charge is 0.468 e. The SMILES string of the molecule is Cc1cc(C(C)NC(=O)c2ccncc2)cnc1OCC(F)(F)F. The van der Waals surface area contributed by atoms with Crippen LogP contribution in [-0.2, 0) is 0 Å². The minimum atomic E-state index is -4.42. The van der Waals surface area contributed by atoms with E-state index in [0.717, 1.165) is 0 Å². The highest BCUT2D eigenvalue weighted by Gasteiger charge is 2.29. The number of pyridine rings is 2. The maximum absolute atomic E-state index is 12.2. The van der Waals surface area contributed by atoms with Crippen molar-refractivity contribution in [2.45, 2.75) is 26.1 Å². The molecule has 1 amide bonds. The van der Waals surface area contributed by atoms with Gasteiger partial charge in [-0.05, 0) is 37.6 Å². The number of rotatable bonds is 5. The van der Waals surface area contributed by atoms with Crippen LogP contribution in [0.5, 0.6) is 5.88 Å². The molecule has 2 heterocycles. The van der Waals surface area contributed by atoms with Gasteiger partial charge in [0.15, 0.2) is 6.61 Å². The van der Waals surface area contributed by atoms with E-state index in [1.807, 2.05) is 0 Å². The number of carbonyl (C=O) groups is 1. The highest BCUT2D eigenvalue weighted by molar-refractivity contribution is 5.94. The van der Waals surface area contributed by atoms with E-state index in [1.54, 1.807) is 32.0 Å².